The fourth-order valence-corrected chi connectivity index (χ4v) is 3.11. The Morgan fingerprint density at radius 3 is 2.34 bits per heavy atom. The fourth-order valence-electron chi connectivity index (χ4n) is 2.60. The number of rotatable bonds is 8. The van der Waals surface area contributed by atoms with Crippen LogP contribution in [0.4, 0.5) is 22.9 Å². The number of ether oxygens (including phenoxy) is 1. The highest BCUT2D eigenvalue weighted by Gasteiger charge is 2.30. The lowest BCUT2D eigenvalue weighted by molar-refractivity contribution is -0.385. The maximum absolute atomic E-state index is 12.1. The molecule has 0 unspecified atom stereocenters. The average Bonchev–Trinajstić information content (AvgIpc) is 2.71. The lowest BCUT2D eigenvalue weighted by Gasteiger charge is -2.12. The third-order valence-electron chi connectivity index (χ3n) is 3.99. The van der Waals surface area contributed by atoms with Crippen LogP contribution in [0.25, 0.3) is 0 Å². The Morgan fingerprint density at radius 1 is 1.06 bits per heavy atom. The van der Waals surface area contributed by atoms with Gasteiger partial charge in [0, 0.05) is 30.6 Å². The van der Waals surface area contributed by atoms with Crippen molar-refractivity contribution < 1.29 is 23.0 Å². The van der Waals surface area contributed by atoms with E-state index >= 15 is 0 Å². The van der Waals surface area contributed by atoms with E-state index in [0.29, 0.717) is 0 Å². The van der Waals surface area contributed by atoms with E-state index in [4.69, 9.17) is 10.5 Å². The van der Waals surface area contributed by atoms with Gasteiger partial charge in [-0.15, -0.1) is 0 Å². The predicted molar refractivity (Wildman–Crippen MR) is 113 cm³/mol. The highest BCUT2D eigenvalue weighted by molar-refractivity contribution is 7.90. The molecular formula is C18H16N6O7S. The van der Waals surface area contributed by atoms with Crippen LogP contribution >= 0.6 is 0 Å². The van der Waals surface area contributed by atoms with Gasteiger partial charge in [-0.2, -0.15) is 9.97 Å². The molecule has 3 rings (SSSR count). The maximum atomic E-state index is 12.1. The molecule has 0 amide bonds. The van der Waals surface area contributed by atoms with E-state index in [9.17, 15) is 28.6 Å². The SMILES string of the molecule is CS(=O)(=O)c1nc(NCc2ccccc2)c([N+](=O)[O-])c(Oc2cc(N)cc([N+](=O)[O-])c2)n1. The number of nitro benzene ring substituents is 1. The standard InChI is InChI=1S/C18H16N6O7S/c1-32(29,30)18-21-16(20-10-11-5-3-2-4-6-11)15(24(27)28)17(22-18)31-14-8-12(19)7-13(9-14)23(25)26/h2-9H,10,19H2,1H3,(H,20,21,22). The van der Waals surface area contributed by atoms with Crippen molar-refractivity contribution in [3.8, 4) is 11.6 Å². The van der Waals surface area contributed by atoms with Gasteiger partial charge >= 0.3 is 11.6 Å². The summed E-state index contributed by atoms with van der Waals surface area (Å²) in [6.07, 6.45) is 0.824. The van der Waals surface area contributed by atoms with Crippen molar-refractivity contribution in [1.29, 1.82) is 0 Å². The summed E-state index contributed by atoms with van der Waals surface area (Å²) in [7, 11) is -3.99. The second kappa shape index (κ2) is 8.81. The monoisotopic (exact) mass is 460 g/mol. The zero-order valence-corrected chi connectivity index (χ0v) is 17.3. The van der Waals surface area contributed by atoms with Crippen molar-refractivity contribution in [2.75, 3.05) is 17.3 Å². The highest BCUT2D eigenvalue weighted by atomic mass is 32.2. The van der Waals surface area contributed by atoms with E-state index < -0.39 is 47.9 Å². The number of nitrogens with zero attached hydrogens (tertiary/aromatic N) is 4. The third-order valence-corrected chi connectivity index (χ3v) is 4.83. The quantitative estimate of drug-likeness (QED) is 0.217. The van der Waals surface area contributed by atoms with Crippen LogP contribution in [-0.4, -0.2) is 34.5 Å². The second-order valence-corrected chi connectivity index (χ2v) is 8.41. The second-order valence-electron chi connectivity index (χ2n) is 6.50. The Morgan fingerprint density at radius 2 is 1.75 bits per heavy atom. The molecule has 3 aromatic rings. The van der Waals surface area contributed by atoms with Gasteiger partial charge in [-0.25, -0.2) is 8.42 Å². The molecule has 1 heterocycles. The number of aromatic nitrogens is 2. The van der Waals surface area contributed by atoms with Crippen molar-refractivity contribution in [1.82, 2.24) is 9.97 Å². The minimum Gasteiger partial charge on any atom is -0.433 e. The topological polar surface area (TPSA) is 193 Å². The molecule has 2 aromatic carbocycles. The number of hydrogen-bond acceptors (Lipinski definition) is 11. The Bertz CT molecular complexity index is 1300. The number of benzene rings is 2. The van der Waals surface area contributed by atoms with E-state index in [1.54, 1.807) is 30.3 Å². The van der Waals surface area contributed by atoms with Gasteiger partial charge in [-0.3, -0.25) is 20.2 Å². The number of anilines is 2. The maximum Gasteiger partial charge on any atom is 0.373 e. The van der Waals surface area contributed by atoms with Crippen LogP contribution in [0.2, 0.25) is 0 Å². The van der Waals surface area contributed by atoms with Gasteiger partial charge in [0.15, 0.2) is 0 Å². The van der Waals surface area contributed by atoms with Crippen LogP contribution in [0.5, 0.6) is 11.6 Å². The number of nitrogen functional groups attached to an aromatic ring is 1. The number of nitrogens with two attached hydrogens (primary N) is 1. The first-order valence-electron chi connectivity index (χ1n) is 8.81. The van der Waals surface area contributed by atoms with Gasteiger partial charge in [0.25, 0.3) is 10.8 Å². The van der Waals surface area contributed by atoms with Gasteiger partial charge in [-0.1, -0.05) is 30.3 Å². The first-order chi connectivity index (χ1) is 15.0. The number of nitro groups is 2. The van der Waals surface area contributed by atoms with Gasteiger partial charge in [0.05, 0.1) is 15.9 Å². The Kier molecular flexibility index (Phi) is 6.15. The number of nitrogens with one attached hydrogen (secondary N) is 1. The Balaban J connectivity index is 2.11. The minimum absolute atomic E-state index is 0.0447. The van der Waals surface area contributed by atoms with Crippen LogP contribution in [0.15, 0.2) is 53.7 Å². The number of non-ortho nitro benzene ring substituents is 1. The normalized spacial score (nSPS) is 11.0. The molecule has 0 atom stereocenters. The summed E-state index contributed by atoms with van der Waals surface area (Å²) in [5.74, 6) is -1.37. The molecule has 0 saturated heterocycles. The molecule has 3 N–H and O–H groups in total. The van der Waals surface area contributed by atoms with Crippen LogP contribution in [0.1, 0.15) is 5.56 Å². The van der Waals surface area contributed by atoms with E-state index in [-0.39, 0.29) is 18.0 Å². The first kappa shape index (κ1) is 22.4. The van der Waals surface area contributed by atoms with Crippen molar-refractivity contribution in [3.63, 3.8) is 0 Å². The minimum atomic E-state index is -3.99. The fraction of sp³-hybridized carbons (Fsp3) is 0.111. The third kappa shape index (κ3) is 5.23. The van der Waals surface area contributed by atoms with Crippen molar-refractivity contribution >= 4 is 32.7 Å². The molecule has 0 saturated carbocycles. The van der Waals surface area contributed by atoms with Crippen molar-refractivity contribution in [3.05, 3.63) is 74.3 Å². The average molecular weight is 460 g/mol. The van der Waals surface area contributed by atoms with Gasteiger partial charge in [0.2, 0.25) is 15.7 Å². The van der Waals surface area contributed by atoms with Crippen LogP contribution in [-0.2, 0) is 16.4 Å². The summed E-state index contributed by atoms with van der Waals surface area (Å²) in [4.78, 5) is 28.7. The molecule has 14 heteroatoms. The summed E-state index contributed by atoms with van der Waals surface area (Å²) in [6.45, 7) is 0.0884. The molecule has 0 aliphatic carbocycles. The van der Waals surface area contributed by atoms with Crippen molar-refractivity contribution in [2.24, 2.45) is 0 Å². The molecule has 166 valence electrons. The zero-order chi connectivity index (χ0) is 23.5. The molecule has 0 fully saturated rings. The first-order valence-corrected chi connectivity index (χ1v) is 10.7. The molecule has 0 aliphatic heterocycles. The molecular weight excluding hydrogens is 444 g/mol. The van der Waals surface area contributed by atoms with Crippen molar-refractivity contribution in [2.45, 2.75) is 11.7 Å². The molecule has 1 aromatic heterocycles. The van der Waals surface area contributed by atoms with E-state index in [0.717, 1.165) is 24.0 Å². The molecule has 0 aliphatic rings. The zero-order valence-electron chi connectivity index (χ0n) is 16.5. The lowest BCUT2D eigenvalue weighted by Crippen LogP contribution is -2.12. The molecule has 0 bridgehead atoms. The van der Waals surface area contributed by atoms with Gasteiger partial charge in [-0.05, 0) is 5.56 Å². The molecule has 0 spiro atoms. The summed E-state index contributed by atoms with van der Waals surface area (Å²) in [5.41, 5.74) is 5.15. The lowest BCUT2D eigenvalue weighted by atomic mass is 10.2. The smallest absolute Gasteiger partial charge is 0.373 e. The van der Waals surface area contributed by atoms with Crippen LogP contribution < -0.4 is 15.8 Å². The Hall–Kier alpha value is -4.33. The number of sulfone groups is 1. The summed E-state index contributed by atoms with van der Waals surface area (Å²) < 4.78 is 29.5. The molecule has 32 heavy (non-hydrogen) atoms. The highest BCUT2D eigenvalue weighted by Crippen LogP contribution is 2.37. The number of hydrogen-bond donors (Lipinski definition) is 2. The van der Waals surface area contributed by atoms with Gasteiger partial charge < -0.3 is 15.8 Å². The summed E-state index contributed by atoms with van der Waals surface area (Å²) in [6, 6.07) is 12.0. The molecule has 0 radical (unpaired) electrons. The Labute approximate surface area is 181 Å². The van der Waals surface area contributed by atoms with Crippen LogP contribution in [0.3, 0.4) is 0 Å². The summed E-state index contributed by atoms with van der Waals surface area (Å²) in [5, 5.41) is 24.8. The van der Waals surface area contributed by atoms with E-state index in [2.05, 4.69) is 15.3 Å². The van der Waals surface area contributed by atoms with E-state index in [1.165, 1.54) is 6.07 Å². The summed E-state index contributed by atoms with van der Waals surface area (Å²) >= 11 is 0. The predicted octanol–water partition coefficient (Wildman–Crippen LogP) is 2.68. The molecule has 13 nitrogen and oxygen atoms in total. The van der Waals surface area contributed by atoms with Gasteiger partial charge in [0.1, 0.15) is 5.75 Å². The largest absolute Gasteiger partial charge is 0.433 e. The van der Waals surface area contributed by atoms with Crippen LogP contribution in [0, 0.1) is 20.2 Å². The van der Waals surface area contributed by atoms with E-state index in [1.807, 2.05) is 0 Å².